The van der Waals surface area contributed by atoms with Gasteiger partial charge >= 0.3 is 0 Å². The highest BCUT2D eigenvalue weighted by molar-refractivity contribution is 14.0. The van der Waals surface area contributed by atoms with Gasteiger partial charge in [0.05, 0.1) is 13.2 Å². The average Bonchev–Trinajstić information content (AvgIpc) is 2.78. The molecule has 0 aliphatic carbocycles. The van der Waals surface area contributed by atoms with Crippen LogP contribution in [0.4, 0.5) is 0 Å². The Kier molecular flexibility index (Phi) is 12.1. The van der Waals surface area contributed by atoms with Crippen molar-refractivity contribution in [1.29, 1.82) is 0 Å². The van der Waals surface area contributed by atoms with Crippen molar-refractivity contribution in [3.63, 3.8) is 0 Å². The number of aliphatic imine (C=N–C) groups is 1. The molecule has 2 saturated heterocycles. The first-order valence-corrected chi connectivity index (χ1v) is 11.7. The summed E-state index contributed by atoms with van der Waals surface area (Å²) in [4.78, 5) is 9.60. The van der Waals surface area contributed by atoms with Gasteiger partial charge in [-0.3, -0.25) is 14.8 Å². The first-order valence-electron chi connectivity index (χ1n) is 11.7. The van der Waals surface area contributed by atoms with Gasteiger partial charge in [-0.05, 0) is 43.0 Å². The number of halogens is 1. The summed E-state index contributed by atoms with van der Waals surface area (Å²) in [5.41, 5.74) is 2.79. The number of rotatable bonds is 8. The summed E-state index contributed by atoms with van der Waals surface area (Å²) in [5.74, 6) is 1.46. The fourth-order valence-corrected chi connectivity index (χ4v) is 4.54. The van der Waals surface area contributed by atoms with Crippen LogP contribution in [0.2, 0.25) is 0 Å². The molecule has 176 valence electrons. The molecule has 2 aliphatic heterocycles. The van der Waals surface area contributed by atoms with Gasteiger partial charge in [0.15, 0.2) is 5.96 Å². The maximum atomic E-state index is 5.53. The van der Waals surface area contributed by atoms with Crippen LogP contribution in [0.1, 0.15) is 44.2 Å². The van der Waals surface area contributed by atoms with Crippen LogP contribution in [0.15, 0.2) is 29.3 Å². The van der Waals surface area contributed by atoms with Crippen molar-refractivity contribution >= 4 is 29.9 Å². The van der Waals surface area contributed by atoms with Crippen LogP contribution in [0.3, 0.4) is 0 Å². The second kappa shape index (κ2) is 14.3. The second-order valence-electron chi connectivity index (χ2n) is 8.87. The Balaban J connectivity index is 0.00000341. The predicted molar refractivity (Wildman–Crippen MR) is 140 cm³/mol. The molecule has 31 heavy (non-hydrogen) atoms. The molecule has 1 aromatic carbocycles. The summed E-state index contributed by atoms with van der Waals surface area (Å²) in [6.45, 7) is 13.5. The molecule has 2 N–H and O–H groups in total. The molecule has 0 amide bonds. The van der Waals surface area contributed by atoms with E-state index in [2.05, 4.69) is 63.5 Å². The minimum Gasteiger partial charge on any atom is -0.379 e. The van der Waals surface area contributed by atoms with Gasteiger partial charge in [-0.1, -0.05) is 44.5 Å². The molecule has 6 nitrogen and oxygen atoms in total. The van der Waals surface area contributed by atoms with Crippen molar-refractivity contribution in [2.24, 2.45) is 10.9 Å². The molecule has 1 aromatic rings. The van der Waals surface area contributed by atoms with E-state index < -0.39 is 0 Å². The molecule has 2 aliphatic rings. The van der Waals surface area contributed by atoms with Crippen LogP contribution in [0.25, 0.3) is 0 Å². The van der Waals surface area contributed by atoms with Crippen molar-refractivity contribution < 1.29 is 4.74 Å². The molecule has 7 heteroatoms. The molecule has 0 radical (unpaired) electrons. The summed E-state index contributed by atoms with van der Waals surface area (Å²) in [6.07, 6.45) is 4.04. The molecule has 0 bridgehead atoms. The maximum Gasteiger partial charge on any atom is 0.191 e. The Hall–Kier alpha value is -0.900. The highest BCUT2D eigenvalue weighted by Crippen LogP contribution is 2.16. The van der Waals surface area contributed by atoms with Crippen molar-refractivity contribution in [3.05, 3.63) is 35.4 Å². The normalized spacial score (nSPS) is 19.7. The van der Waals surface area contributed by atoms with E-state index in [0.717, 1.165) is 51.9 Å². The van der Waals surface area contributed by atoms with Crippen LogP contribution in [-0.2, 0) is 17.8 Å². The van der Waals surface area contributed by atoms with E-state index in [-0.39, 0.29) is 24.0 Å². The van der Waals surface area contributed by atoms with E-state index in [1.807, 2.05) is 7.05 Å². The van der Waals surface area contributed by atoms with Crippen molar-refractivity contribution in [1.82, 2.24) is 20.4 Å². The molecule has 3 rings (SSSR count). The Bertz CT molecular complexity index is 657. The summed E-state index contributed by atoms with van der Waals surface area (Å²) in [5, 5.41) is 7.10. The van der Waals surface area contributed by atoms with Crippen LogP contribution in [0, 0.1) is 5.92 Å². The van der Waals surface area contributed by atoms with Crippen molar-refractivity contribution in [3.8, 4) is 0 Å². The van der Waals surface area contributed by atoms with E-state index in [0.29, 0.717) is 12.0 Å². The van der Waals surface area contributed by atoms with Gasteiger partial charge in [0, 0.05) is 45.8 Å². The molecule has 2 heterocycles. The monoisotopic (exact) mass is 543 g/mol. The van der Waals surface area contributed by atoms with Crippen molar-refractivity contribution in [2.45, 2.75) is 52.2 Å². The lowest BCUT2D eigenvalue weighted by Gasteiger charge is -2.37. The summed E-state index contributed by atoms with van der Waals surface area (Å²) in [7, 11) is 1.86. The van der Waals surface area contributed by atoms with E-state index in [9.17, 15) is 0 Å². The number of hydrogen-bond donors (Lipinski definition) is 2. The van der Waals surface area contributed by atoms with E-state index >= 15 is 0 Å². The first kappa shape index (κ1) is 26.4. The molecular formula is C24H42IN5O. The van der Waals surface area contributed by atoms with E-state index in [1.165, 1.54) is 43.5 Å². The Morgan fingerprint density at radius 1 is 1.00 bits per heavy atom. The highest BCUT2D eigenvalue weighted by atomic mass is 127. The lowest BCUT2D eigenvalue weighted by Crippen LogP contribution is -2.52. The molecule has 0 saturated carbocycles. The molecular weight excluding hydrogens is 501 g/mol. The zero-order valence-electron chi connectivity index (χ0n) is 19.6. The molecule has 2 fully saturated rings. The number of piperidine rings is 1. The van der Waals surface area contributed by atoms with Gasteiger partial charge in [0.2, 0.25) is 0 Å². The largest absolute Gasteiger partial charge is 0.379 e. The zero-order valence-corrected chi connectivity index (χ0v) is 21.9. The number of benzene rings is 1. The van der Waals surface area contributed by atoms with Gasteiger partial charge < -0.3 is 15.4 Å². The average molecular weight is 544 g/mol. The fourth-order valence-electron chi connectivity index (χ4n) is 4.54. The van der Waals surface area contributed by atoms with Crippen LogP contribution in [-0.4, -0.2) is 74.8 Å². The third-order valence-corrected chi connectivity index (χ3v) is 6.39. The van der Waals surface area contributed by atoms with Gasteiger partial charge in [-0.2, -0.15) is 0 Å². The predicted octanol–water partition coefficient (Wildman–Crippen LogP) is 3.31. The van der Waals surface area contributed by atoms with E-state index in [4.69, 9.17) is 4.74 Å². The fraction of sp³-hybridized carbons (Fsp3) is 0.708. The lowest BCUT2D eigenvalue weighted by molar-refractivity contribution is 0.00752. The third-order valence-electron chi connectivity index (χ3n) is 6.39. The van der Waals surface area contributed by atoms with E-state index in [1.54, 1.807) is 0 Å². The Labute approximate surface area is 206 Å². The summed E-state index contributed by atoms with van der Waals surface area (Å²) >= 11 is 0. The minimum absolute atomic E-state index is 0. The van der Waals surface area contributed by atoms with Crippen LogP contribution >= 0.6 is 24.0 Å². The van der Waals surface area contributed by atoms with Crippen LogP contribution < -0.4 is 10.6 Å². The smallest absolute Gasteiger partial charge is 0.191 e. The number of morpholine rings is 1. The highest BCUT2D eigenvalue weighted by Gasteiger charge is 2.24. The van der Waals surface area contributed by atoms with Gasteiger partial charge in [-0.25, -0.2) is 0 Å². The lowest BCUT2D eigenvalue weighted by atomic mass is 10.0. The number of nitrogens with zero attached hydrogens (tertiary/aromatic N) is 3. The molecule has 1 unspecified atom stereocenters. The van der Waals surface area contributed by atoms with Crippen LogP contribution in [0.5, 0.6) is 0 Å². The first-order chi connectivity index (χ1) is 14.7. The number of nitrogens with one attached hydrogen (secondary N) is 2. The van der Waals surface area contributed by atoms with Crippen molar-refractivity contribution in [2.75, 3.05) is 53.0 Å². The molecule has 0 spiro atoms. The number of likely N-dealkylation sites (tertiary alicyclic amines) is 1. The summed E-state index contributed by atoms with van der Waals surface area (Å²) in [6, 6.07) is 9.30. The third kappa shape index (κ3) is 8.51. The Morgan fingerprint density at radius 2 is 1.68 bits per heavy atom. The standard InChI is InChI=1S/C24H41N5O.HI/c1-20(2)23(29-13-15-30-16-14-29)18-27-24(25-3)26-17-21-9-5-6-10-22(21)19-28-11-7-4-8-12-28;/h5-6,9-10,20,23H,4,7-8,11-19H2,1-3H3,(H2,25,26,27);1H. The topological polar surface area (TPSA) is 52.1 Å². The molecule has 1 atom stereocenters. The summed E-state index contributed by atoms with van der Waals surface area (Å²) < 4.78 is 5.53. The SMILES string of the molecule is CN=C(NCc1ccccc1CN1CCCCC1)NCC(C(C)C)N1CCOCC1.I. The number of guanidine groups is 1. The zero-order chi connectivity index (χ0) is 21.2. The minimum atomic E-state index is 0. The number of ether oxygens (including phenoxy) is 1. The maximum absolute atomic E-state index is 5.53. The number of hydrogen-bond acceptors (Lipinski definition) is 4. The van der Waals surface area contributed by atoms with Gasteiger partial charge in [0.25, 0.3) is 0 Å². The molecule has 0 aromatic heterocycles. The second-order valence-corrected chi connectivity index (χ2v) is 8.87. The van der Waals surface area contributed by atoms with Gasteiger partial charge in [-0.15, -0.1) is 24.0 Å². The Morgan fingerprint density at radius 3 is 2.32 bits per heavy atom. The van der Waals surface area contributed by atoms with Gasteiger partial charge in [0.1, 0.15) is 0 Å². The quantitative estimate of drug-likeness (QED) is 0.300.